The third kappa shape index (κ3) is 16.1. The first-order valence-corrected chi connectivity index (χ1v) is 28.6. The third-order valence-electron chi connectivity index (χ3n) is 12.4. The van der Waals surface area contributed by atoms with Gasteiger partial charge in [0, 0.05) is 4.47 Å². The Bertz CT molecular complexity index is 4470. The number of nitrogens with one attached hydrogen (secondary N) is 3. The van der Waals surface area contributed by atoms with E-state index < -0.39 is 36.7 Å². The maximum absolute atomic E-state index is 14.6. The first kappa shape index (κ1) is 62.0. The predicted octanol–water partition coefficient (Wildman–Crippen LogP) is 15.7. The van der Waals surface area contributed by atoms with Gasteiger partial charge in [0.1, 0.15) is 34.9 Å². The van der Waals surface area contributed by atoms with Gasteiger partial charge >= 0.3 is 25.0 Å². The quantitative estimate of drug-likeness (QED) is 0.0383. The number of hydrogen-bond acceptors (Lipinski definition) is 16. The first-order chi connectivity index (χ1) is 41.8. The van der Waals surface area contributed by atoms with E-state index in [1.807, 2.05) is 0 Å². The Morgan fingerprint density at radius 3 is 1.10 bits per heavy atom. The van der Waals surface area contributed by atoms with E-state index in [1.54, 1.807) is 91.0 Å². The first-order valence-electron chi connectivity index (χ1n) is 25.4. The lowest BCUT2D eigenvalue weighted by Crippen LogP contribution is -2.29. The number of methoxy groups -OCH3 is 2. The van der Waals surface area contributed by atoms with Crippen LogP contribution in [0.25, 0.3) is 52.9 Å². The number of fused-ring (bicyclic) bond motifs is 3. The lowest BCUT2D eigenvalue weighted by molar-refractivity contribution is 0.0592. The van der Waals surface area contributed by atoms with Gasteiger partial charge in [-0.25, -0.2) is 55.7 Å². The summed E-state index contributed by atoms with van der Waals surface area (Å²) >= 11 is 6.96. The summed E-state index contributed by atoms with van der Waals surface area (Å²) in [6.45, 7) is 0. The molecule has 3 heterocycles. The molecule has 0 atom stereocenters. The standard InChI is InChI=1S/C21H14F2N2O2S.C20H12F2N2O2S.C13H7BrF2N2S.C8H9BO4/c1-27-20(26)13-4-2-12(3-5-13)14-6-8-17(16(23)10-14)24-21-25-18-9-7-15(22)11-19(18)28-21;21-14-6-8-17-18(10-14)27-20(24-17)23-16-7-5-13(9-15(16)22)11-1-3-12(4-2-11)19(25)26;14-7-1-3-10(9(16)5-7)17-13-18-11-4-2-8(15)6-12(11)19-13;1-13-8(10)6-2-4-7(5-3-6)9(11)12/h2-11H,1H3,(H,24,25);1-10H,(H,23,24)(H,25,26);1-6H,(H,17,18);2-5,11-12H,1H3. The second-order valence-electron chi connectivity index (χ2n) is 18.2. The molecule has 0 aliphatic rings. The number of carbonyl (C=O) groups excluding carboxylic acids is 2. The molecular weight excluding hydrogens is 1260 g/mol. The fraction of sp³-hybridized carbons (Fsp3) is 0.0323. The van der Waals surface area contributed by atoms with E-state index in [9.17, 15) is 40.7 Å². The van der Waals surface area contributed by atoms with Crippen molar-refractivity contribution >= 4 is 144 Å². The van der Waals surface area contributed by atoms with Crippen LogP contribution in [0.4, 0.5) is 58.8 Å². The Kier molecular flexibility index (Phi) is 20.1. The Labute approximate surface area is 511 Å². The predicted molar refractivity (Wildman–Crippen MR) is 332 cm³/mol. The zero-order valence-electron chi connectivity index (χ0n) is 45.0. The van der Waals surface area contributed by atoms with E-state index in [2.05, 4.69) is 56.3 Å². The number of aromatic carboxylic acids is 1. The summed E-state index contributed by atoms with van der Waals surface area (Å²) in [4.78, 5) is 46.3. The van der Waals surface area contributed by atoms with Gasteiger partial charge in [-0.15, -0.1) is 0 Å². The fourth-order valence-electron chi connectivity index (χ4n) is 8.02. The van der Waals surface area contributed by atoms with Crippen LogP contribution >= 0.6 is 49.9 Å². The van der Waals surface area contributed by atoms with Gasteiger partial charge in [-0.05, 0) is 161 Å². The number of ether oxygens (including phenoxy) is 2. The average Bonchev–Trinajstić information content (AvgIpc) is 4.26. The van der Waals surface area contributed by atoms with Gasteiger partial charge in [0.2, 0.25) is 0 Å². The van der Waals surface area contributed by atoms with Crippen molar-refractivity contribution in [3.05, 3.63) is 238 Å². The number of hydrogen-bond donors (Lipinski definition) is 6. The van der Waals surface area contributed by atoms with Crippen LogP contribution in [0.15, 0.2) is 186 Å². The normalized spacial score (nSPS) is 10.7. The highest BCUT2D eigenvalue weighted by Crippen LogP contribution is 2.35. The van der Waals surface area contributed by atoms with Crippen LogP contribution in [-0.4, -0.2) is 69.4 Å². The lowest BCUT2D eigenvalue weighted by Gasteiger charge is -2.08. The molecule has 9 aromatic carbocycles. The molecule has 0 fully saturated rings. The number of carboxylic acids is 1. The molecule has 0 saturated carbocycles. The number of thiazole rings is 3. The summed E-state index contributed by atoms with van der Waals surface area (Å²) in [5.41, 5.74) is 6.93. The van der Waals surface area contributed by atoms with E-state index in [0.29, 0.717) is 84.8 Å². The number of halogens is 7. The average molecular weight is 1300 g/mol. The summed E-state index contributed by atoms with van der Waals surface area (Å²) in [7, 11) is 1.10. The molecule has 25 heteroatoms. The minimum absolute atomic E-state index is 0.171. The van der Waals surface area contributed by atoms with Crippen LogP contribution in [0.3, 0.4) is 0 Å². The fourth-order valence-corrected chi connectivity index (χ4v) is 11.1. The highest BCUT2D eigenvalue weighted by atomic mass is 79.9. The van der Waals surface area contributed by atoms with Crippen molar-refractivity contribution in [1.29, 1.82) is 0 Å². The van der Waals surface area contributed by atoms with Gasteiger partial charge in [0.25, 0.3) is 0 Å². The zero-order chi connectivity index (χ0) is 61.9. The summed E-state index contributed by atoms with van der Waals surface area (Å²) in [5.74, 6) is -4.16. The largest absolute Gasteiger partial charge is 0.488 e. The lowest BCUT2D eigenvalue weighted by atomic mass is 9.80. The molecule has 438 valence electrons. The van der Waals surface area contributed by atoms with Crippen molar-refractivity contribution in [2.75, 3.05) is 30.2 Å². The van der Waals surface area contributed by atoms with Crippen molar-refractivity contribution < 1.29 is 65.4 Å². The Balaban J connectivity index is 0.000000143. The van der Waals surface area contributed by atoms with Crippen molar-refractivity contribution in [3.8, 4) is 22.3 Å². The van der Waals surface area contributed by atoms with Crippen LogP contribution in [0.1, 0.15) is 31.1 Å². The molecule has 3 aromatic heterocycles. The van der Waals surface area contributed by atoms with Crippen LogP contribution in [0.5, 0.6) is 0 Å². The highest BCUT2D eigenvalue weighted by Gasteiger charge is 2.15. The minimum atomic E-state index is -1.51. The molecule has 0 bridgehead atoms. The molecule has 0 saturated heterocycles. The molecule has 0 amide bonds. The molecule has 6 N–H and O–H groups in total. The Morgan fingerprint density at radius 2 is 0.770 bits per heavy atom. The number of nitrogens with zero attached hydrogens (tertiary/aromatic N) is 3. The van der Waals surface area contributed by atoms with E-state index in [1.165, 1.54) is 139 Å². The van der Waals surface area contributed by atoms with Gasteiger partial charge in [0.05, 0.1) is 78.6 Å². The summed E-state index contributed by atoms with van der Waals surface area (Å²) in [6, 6.07) is 46.0. The van der Waals surface area contributed by atoms with Crippen LogP contribution in [-0.2, 0) is 9.47 Å². The summed E-state index contributed by atoms with van der Waals surface area (Å²) in [6.07, 6.45) is 0. The monoisotopic (exact) mass is 1300 g/mol. The minimum Gasteiger partial charge on any atom is -0.478 e. The maximum atomic E-state index is 14.6. The number of aromatic nitrogens is 3. The van der Waals surface area contributed by atoms with Crippen molar-refractivity contribution in [2.45, 2.75) is 0 Å². The summed E-state index contributed by atoms with van der Waals surface area (Å²) < 4.78 is 94.3. The van der Waals surface area contributed by atoms with E-state index in [0.717, 1.165) is 10.3 Å². The van der Waals surface area contributed by atoms with E-state index >= 15 is 0 Å². The highest BCUT2D eigenvalue weighted by molar-refractivity contribution is 9.10. The summed E-state index contributed by atoms with van der Waals surface area (Å²) in [5, 5.41) is 36.7. The molecule has 12 rings (SSSR count). The molecule has 0 radical (unpaired) electrons. The zero-order valence-corrected chi connectivity index (χ0v) is 49.0. The molecule has 12 aromatic rings. The smallest absolute Gasteiger partial charge is 0.478 e. The third-order valence-corrected chi connectivity index (χ3v) is 15.7. The van der Waals surface area contributed by atoms with Gasteiger partial charge in [0.15, 0.2) is 15.4 Å². The topological polar surface area (TPSA) is 205 Å². The van der Waals surface area contributed by atoms with Crippen molar-refractivity contribution in [2.24, 2.45) is 0 Å². The number of benzene rings is 9. The molecule has 0 spiro atoms. The number of rotatable bonds is 12. The molecule has 0 aliphatic heterocycles. The number of esters is 2. The molecular formula is C62H42BBrF6N6O8S3. The second kappa shape index (κ2) is 28.1. The second-order valence-corrected chi connectivity index (χ2v) is 22.2. The Hall–Kier alpha value is -9.50. The molecule has 0 unspecified atom stereocenters. The molecule has 14 nitrogen and oxygen atoms in total. The van der Waals surface area contributed by atoms with Crippen LogP contribution in [0.2, 0.25) is 0 Å². The maximum Gasteiger partial charge on any atom is 0.488 e. The van der Waals surface area contributed by atoms with Gasteiger partial charge in [-0.1, -0.05) is 98.5 Å². The van der Waals surface area contributed by atoms with Crippen molar-refractivity contribution in [1.82, 2.24) is 15.0 Å². The van der Waals surface area contributed by atoms with E-state index in [4.69, 9.17) is 15.2 Å². The van der Waals surface area contributed by atoms with E-state index in [-0.39, 0.29) is 40.2 Å². The van der Waals surface area contributed by atoms with Crippen molar-refractivity contribution in [3.63, 3.8) is 0 Å². The number of anilines is 6. The van der Waals surface area contributed by atoms with Crippen LogP contribution in [0, 0.1) is 34.9 Å². The molecule has 0 aliphatic carbocycles. The van der Waals surface area contributed by atoms with Gasteiger partial charge < -0.3 is 40.6 Å². The van der Waals surface area contributed by atoms with Crippen LogP contribution < -0.4 is 21.4 Å². The number of carbonyl (C=O) groups is 3. The Morgan fingerprint density at radius 1 is 0.437 bits per heavy atom. The van der Waals surface area contributed by atoms with Gasteiger partial charge in [-0.2, -0.15) is 0 Å². The SMILES string of the molecule is COC(=O)c1ccc(-c2ccc(Nc3nc4ccc(F)cc4s3)c(F)c2)cc1.COC(=O)c1ccc(B(O)O)cc1.Fc1ccc2nc(Nc3ccc(Br)cc3F)sc2c1.O=C(O)c1ccc(-c2ccc(Nc3nc4ccc(F)cc4s3)c(F)c2)cc1. The van der Waals surface area contributed by atoms with Gasteiger partial charge in [-0.3, -0.25) is 0 Å². The number of carboxylic acid groups (broad SMARTS) is 1. The molecule has 87 heavy (non-hydrogen) atoms.